The lowest BCUT2D eigenvalue weighted by molar-refractivity contribution is -0.138. The predicted octanol–water partition coefficient (Wildman–Crippen LogP) is 0.0343. The Labute approximate surface area is 172 Å². The molecule has 0 bridgehead atoms. The van der Waals surface area contributed by atoms with Crippen molar-refractivity contribution >= 4 is 23.6 Å². The molecule has 0 unspecified atom stereocenters. The van der Waals surface area contributed by atoms with E-state index in [1.807, 2.05) is 0 Å². The van der Waals surface area contributed by atoms with Crippen LogP contribution in [0.1, 0.15) is 36.0 Å². The zero-order chi connectivity index (χ0) is 21.0. The molecule has 8 nitrogen and oxygen atoms in total. The number of fused-ring (bicyclic) bond motifs is 2. The summed E-state index contributed by atoms with van der Waals surface area (Å²) in [5.74, 6) is -1.47. The zero-order valence-electron chi connectivity index (χ0n) is 16.3. The van der Waals surface area contributed by atoms with Gasteiger partial charge in [-0.25, -0.2) is 4.39 Å². The van der Waals surface area contributed by atoms with Gasteiger partial charge in [0, 0.05) is 30.6 Å². The fourth-order valence-electron chi connectivity index (χ4n) is 4.81. The van der Waals surface area contributed by atoms with Gasteiger partial charge in [-0.15, -0.1) is 0 Å². The van der Waals surface area contributed by atoms with Crippen LogP contribution in [0.4, 0.5) is 4.39 Å². The Bertz CT molecular complexity index is 933. The first-order valence-corrected chi connectivity index (χ1v) is 10.4. The van der Waals surface area contributed by atoms with Crippen molar-refractivity contribution in [3.8, 4) is 0 Å². The van der Waals surface area contributed by atoms with Crippen LogP contribution in [-0.2, 0) is 14.4 Å². The van der Waals surface area contributed by atoms with Crippen molar-refractivity contribution in [1.82, 2.24) is 20.4 Å². The van der Waals surface area contributed by atoms with Crippen molar-refractivity contribution in [2.24, 2.45) is 5.92 Å². The Morgan fingerprint density at radius 2 is 1.97 bits per heavy atom. The van der Waals surface area contributed by atoms with Gasteiger partial charge in [-0.3, -0.25) is 19.2 Å². The molecule has 2 N–H and O–H groups in total. The lowest BCUT2D eigenvalue weighted by atomic mass is 10.1. The average molecular weight is 414 g/mol. The van der Waals surface area contributed by atoms with Gasteiger partial charge in [0.05, 0.1) is 6.04 Å². The lowest BCUT2D eigenvalue weighted by Gasteiger charge is -2.29. The molecule has 3 saturated heterocycles. The second-order valence-electron chi connectivity index (χ2n) is 8.58. The average Bonchev–Trinajstić information content (AvgIpc) is 3.39. The molecule has 158 valence electrons. The number of carbonyl (C=O) groups is 4. The van der Waals surface area contributed by atoms with Gasteiger partial charge in [-0.1, -0.05) is 6.07 Å². The molecule has 0 spiro atoms. The van der Waals surface area contributed by atoms with E-state index in [0.717, 1.165) is 18.9 Å². The highest BCUT2D eigenvalue weighted by atomic mass is 19.1. The van der Waals surface area contributed by atoms with Crippen LogP contribution in [0.2, 0.25) is 0 Å². The van der Waals surface area contributed by atoms with Crippen LogP contribution in [-0.4, -0.2) is 70.7 Å². The number of amides is 4. The van der Waals surface area contributed by atoms with Gasteiger partial charge in [0.2, 0.25) is 17.7 Å². The molecule has 1 aliphatic carbocycles. The summed E-state index contributed by atoms with van der Waals surface area (Å²) in [4.78, 5) is 54.2. The fraction of sp³-hybridized carbons (Fsp3) is 0.524. The standard InChI is InChI=1S/C21H23FN4O4/c22-13-3-1-2-12(8-13)20(29)25-7-6-15-17(25)21(30)26-10-14(9-16(26)19(28)24-15)23-18(27)11-4-5-11/h1-3,8,11,14-17H,4-7,9-10H2,(H,23,27)(H,24,28)/t14-,15-,16+,17-/m0/s1. The van der Waals surface area contributed by atoms with E-state index in [2.05, 4.69) is 10.6 Å². The quantitative estimate of drug-likeness (QED) is 0.729. The van der Waals surface area contributed by atoms with Crippen molar-refractivity contribution in [2.45, 2.75) is 49.9 Å². The van der Waals surface area contributed by atoms with E-state index in [9.17, 15) is 23.6 Å². The molecule has 3 aliphatic heterocycles. The minimum absolute atomic E-state index is 0.0211. The summed E-state index contributed by atoms with van der Waals surface area (Å²) in [7, 11) is 0. The molecule has 4 amide bonds. The van der Waals surface area contributed by atoms with Crippen LogP contribution < -0.4 is 10.6 Å². The van der Waals surface area contributed by atoms with Crippen molar-refractivity contribution in [2.75, 3.05) is 13.1 Å². The third-order valence-corrected chi connectivity index (χ3v) is 6.49. The largest absolute Gasteiger partial charge is 0.351 e. The number of carbonyl (C=O) groups excluding carboxylic acids is 4. The summed E-state index contributed by atoms with van der Waals surface area (Å²) in [6, 6.07) is 3.15. The van der Waals surface area contributed by atoms with Gasteiger partial charge in [-0.05, 0) is 43.9 Å². The Morgan fingerprint density at radius 1 is 1.17 bits per heavy atom. The molecule has 1 aromatic carbocycles. The van der Waals surface area contributed by atoms with Gasteiger partial charge < -0.3 is 20.4 Å². The molecule has 4 atom stereocenters. The van der Waals surface area contributed by atoms with E-state index in [4.69, 9.17) is 0 Å². The van der Waals surface area contributed by atoms with Crippen LogP contribution in [0, 0.1) is 11.7 Å². The minimum atomic E-state index is -0.826. The number of halogens is 1. The summed E-state index contributed by atoms with van der Waals surface area (Å²) in [6.07, 6.45) is 2.59. The lowest BCUT2D eigenvalue weighted by Crippen LogP contribution is -2.52. The van der Waals surface area contributed by atoms with Crippen LogP contribution >= 0.6 is 0 Å². The highest BCUT2D eigenvalue weighted by Crippen LogP contribution is 2.32. The molecule has 0 aromatic heterocycles. The van der Waals surface area contributed by atoms with Gasteiger partial charge in [0.25, 0.3) is 5.91 Å². The minimum Gasteiger partial charge on any atom is -0.351 e. The summed E-state index contributed by atoms with van der Waals surface area (Å²) < 4.78 is 13.6. The third-order valence-electron chi connectivity index (χ3n) is 6.49. The smallest absolute Gasteiger partial charge is 0.254 e. The molecule has 4 aliphatic rings. The van der Waals surface area contributed by atoms with Gasteiger partial charge >= 0.3 is 0 Å². The summed E-state index contributed by atoms with van der Waals surface area (Å²) >= 11 is 0. The Balaban J connectivity index is 1.37. The Hall–Kier alpha value is -2.97. The van der Waals surface area contributed by atoms with Crippen LogP contribution in [0.25, 0.3) is 0 Å². The zero-order valence-corrected chi connectivity index (χ0v) is 16.3. The molecule has 1 saturated carbocycles. The van der Waals surface area contributed by atoms with Crippen LogP contribution in [0.15, 0.2) is 24.3 Å². The van der Waals surface area contributed by atoms with Gasteiger partial charge in [-0.2, -0.15) is 0 Å². The maximum Gasteiger partial charge on any atom is 0.254 e. The SMILES string of the molecule is O=C(N[C@H]1C[C@@H]2C(=O)N[C@H]3CCN(C(=O)c4cccc(F)c4)[C@@H]3C(=O)N2C1)C1CC1. The molecule has 1 aromatic rings. The molecule has 30 heavy (non-hydrogen) atoms. The van der Waals surface area contributed by atoms with Crippen molar-refractivity contribution in [3.63, 3.8) is 0 Å². The molecule has 9 heteroatoms. The van der Waals surface area contributed by atoms with E-state index in [-0.39, 0.29) is 41.8 Å². The number of benzene rings is 1. The van der Waals surface area contributed by atoms with E-state index < -0.39 is 29.8 Å². The van der Waals surface area contributed by atoms with E-state index in [0.29, 0.717) is 19.4 Å². The highest BCUT2D eigenvalue weighted by molar-refractivity contribution is 6.00. The maximum absolute atomic E-state index is 13.6. The van der Waals surface area contributed by atoms with Crippen molar-refractivity contribution in [1.29, 1.82) is 0 Å². The third kappa shape index (κ3) is 3.22. The summed E-state index contributed by atoms with van der Waals surface area (Å²) in [6.45, 7) is 0.553. The molecular weight excluding hydrogens is 391 g/mol. The van der Waals surface area contributed by atoms with Gasteiger partial charge in [0.15, 0.2) is 0 Å². The number of hydrogen-bond donors (Lipinski definition) is 2. The maximum atomic E-state index is 13.6. The van der Waals surface area contributed by atoms with Crippen molar-refractivity contribution in [3.05, 3.63) is 35.6 Å². The highest BCUT2D eigenvalue weighted by Gasteiger charge is 2.52. The topological polar surface area (TPSA) is 98.8 Å². The van der Waals surface area contributed by atoms with Crippen LogP contribution in [0.5, 0.6) is 0 Å². The molecule has 0 radical (unpaired) electrons. The Morgan fingerprint density at radius 3 is 2.70 bits per heavy atom. The van der Waals surface area contributed by atoms with Gasteiger partial charge in [0.1, 0.15) is 17.9 Å². The number of nitrogens with one attached hydrogen (secondary N) is 2. The Kier molecular flexibility index (Phi) is 4.48. The first-order valence-electron chi connectivity index (χ1n) is 10.4. The number of nitrogens with zero attached hydrogens (tertiary/aromatic N) is 2. The van der Waals surface area contributed by atoms with Crippen molar-refractivity contribution < 1.29 is 23.6 Å². The number of rotatable bonds is 3. The first kappa shape index (κ1) is 19.0. The monoisotopic (exact) mass is 414 g/mol. The molecule has 4 fully saturated rings. The van der Waals surface area contributed by atoms with E-state index >= 15 is 0 Å². The van der Waals surface area contributed by atoms with E-state index in [1.165, 1.54) is 28.0 Å². The predicted molar refractivity (Wildman–Crippen MR) is 103 cm³/mol. The fourth-order valence-corrected chi connectivity index (χ4v) is 4.81. The van der Waals surface area contributed by atoms with E-state index in [1.54, 1.807) is 0 Å². The number of likely N-dealkylation sites (tertiary alicyclic amines) is 1. The second-order valence-corrected chi connectivity index (χ2v) is 8.58. The number of hydrogen-bond acceptors (Lipinski definition) is 4. The molecular formula is C21H23FN4O4. The molecule has 3 heterocycles. The second kappa shape index (κ2) is 7.07. The first-order chi connectivity index (χ1) is 14.4. The molecule has 5 rings (SSSR count). The summed E-state index contributed by atoms with van der Waals surface area (Å²) in [5, 5.41) is 5.87. The normalized spacial score (nSPS) is 30.4. The van der Waals surface area contributed by atoms with Crippen LogP contribution in [0.3, 0.4) is 0 Å². The summed E-state index contributed by atoms with van der Waals surface area (Å²) in [5.41, 5.74) is 0.173.